The van der Waals surface area contributed by atoms with Gasteiger partial charge in [0, 0.05) is 25.7 Å². The summed E-state index contributed by atoms with van der Waals surface area (Å²) >= 11 is 0. The molecule has 1 aromatic rings. The smallest absolute Gasteiger partial charge is 0.328 e. The van der Waals surface area contributed by atoms with E-state index in [1.165, 1.54) is 25.9 Å². The number of ether oxygens (including phenoxy) is 1. The lowest BCUT2D eigenvalue weighted by Crippen LogP contribution is -2.74. The summed E-state index contributed by atoms with van der Waals surface area (Å²) in [6.45, 7) is 3.32. The van der Waals surface area contributed by atoms with Crippen LogP contribution in [0.3, 0.4) is 0 Å². The normalized spacial score (nSPS) is 29.8. The second-order valence-electron chi connectivity index (χ2n) is 11.4. The van der Waals surface area contributed by atoms with Gasteiger partial charge in [0.15, 0.2) is 34.7 Å². The lowest BCUT2D eigenvalue weighted by atomic mass is 9.52. The third kappa shape index (κ3) is 4.47. The van der Waals surface area contributed by atoms with Gasteiger partial charge in [0.25, 0.3) is 0 Å². The van der Waals surface area contributed by atoms with Gasteiger partial charge >= 0.3 is 5.97 Å². The molecular weight excluding hydrogens is 536 g/mol. The monoisotopic (exact) mass is 572 g/mol. The zero-order chi connectivity index (χ0) is 30.7. The Balaban J connectivity index is 1.85. The summed E-state index contributed by atoms with van der Waals surface area (Å²) in [5.74, 6) is -11.9. The third-order valence-electron chi connectivity index (χ3n) is 8.53. The van der Waals surface area contributed by atoms with Crippen molar-refractivity contribution in [1.82, 2.24) is 4.90 Å². The fraction of sp³-hybridized carbons (Fsp3) is 0.571. The number of nitrogens with one attached hydrogen (secondary N) is 1. The first kappa shape index (κ1) is 30.1. The maximum Gasteiger partial charge on any atom is 0.328 e. The highest BCUT2D eigenvalue weighted by molar-refractivity contribution is 6.32. The standard InChI is InChI=1S/C28H36N4O9/c1-7-41-27(39)11(2)30-15-10-16(31(3)4)13-8-12-9-14-20(32(5)6)23(35)19(26(29)38)25(37)28(14,40)24(36)17(12)22(34)18(13)21(15)33/h10-12,14,17,19-20,30,33,40H,7-9H2,1-6H3,(H2,29,38)/t11?,12-,14-,17?,19?,20+,28-/m1/s1. The molecule has 13 nitrogen and oxygen atoms in total. The average molecular weight is 573 g/mol. The first-order chi connectivity index (χ1) is 19.1. The minimum Gasteiger partial charge on any atom is -0.505 e. The molecule has 41 heavy (non-hydrogen) atoms. The Morgan fingerprint density at radius 1 is 1.17 bits per heavy atom. The number of likely N-dealkylation sites (N-methyl/N-ethyl adjacent to an activating group) is 1. The van der Waals surface area contributed by atoms with Gasteiger partial charge < -0.3 is 30.9 Å². The molecule has 0 saturated heterocycles. The number of carbonyl (C=O) groups excluding carboxylic acids is 6. The largest absolute Gasteiger partial charge is 0.505 e. The highest BCUT2D eigenvalue weighted by atomic mass is 16.5. The maximum atomic E-state index is 14.0. The Bertz CT molecular complexity index is 1360. The Morgan fingerprint density at radius 2 is 1.80 bits per heavy atom. The molecule has 2 fully saturated rings. The van der Waals surface area contributed by atoms with Crippen LogP contribution in [-0.2, 0) is 35.1 Å². The van der Waals surface area contributed by atoms with Crippen LogP contribution in [0.4, 0.5) is 11.4 Å². The molecule has 0 aromatic heterocycles. The second-order valence-corrected chi connectivity index (χ2v) is 11.4. The minimum atomic E-state index is -2.80. The van der Waals surface area contributed by atoms with Crippen LogP contribution >= 0.6 is 0 Å². The number of nitrogens with two attached hydrogens (primary N) is 1. The van der Waals surface area contributed by atoms with Crippen molar-refractivity contribution in [1.29, 1.82) is 0 Å². The molecule has 0 radical (unpaired) electrons. The van der Waals surface area contributed by atoms with Gasteiger partial charge in [-0.05, 0) is 58.3 Å². The molecule has 0 bridgehead atoms. The summed E-state index contributed by atoms with van der Waals surface area (Å²) in [6, 6.07) is -0.467. The van der Waals surface area contributed by atoms with E-state index in [1.807, 2.05) is 0 Å². The number of amides is 1. The maximum absolute atomic E-state index is 14.0. The Kier molecular flexibility index (Phi) is 7.74. The topological polar surface area (TPSA) is 197 Å². The molecule has 2 saturated carbocycles. The number of nitrogens with zero attached hydrogens (tertiary/aromatic N) is 2. The number of anilines is 2. The number of benzene rings is 1. The number of carbonyl (C=O) groups is 6. The van der Waals surface area contributed by atoms with Crippen LogP contribution in [0.15, 0.2) is 6.07 Å². The van der Waals surface area contributed by atoms with Crippen molar-refractivity contribution in [3.8, 4) is 5.75 Å². The van der Waals surface area contributed by atoms with Crippen LogP contribution in [-0.4, -0.2) is 103 Å². The molecule has 222 valence electrons. The van der Waals surface area contributed by atoms with Crippen molar-refractivity contribution in [3.63, 3.8) is 0 Å². The van der Waals surface area contributed by atoms with E-state index in [4.69, 9.17) is 10.5 Å². The molecule has 5 N–H and O–H groups in total. The van der Waals surface area contributed by atoms with Gasteiger partial charge in [-0.15, -0.1) is 0 Å². The van der Waals surface area contributed by atoms with E-state index in [9.17, 15) is 39.0 Å². The van der Waals surface area contributed by atoms with Crippen molar-refractivity contribution in [2.75, 3.05) is 45.0 Å². The van der Waals surface area contributed by atoms with Crippen molar-refractivity contribution in [2.24, 2.45) is 29.4 Å². The summed E-state index contributed by atoms with van der Waals surface area (Å²) in [4.78, 5) is 82.2. The summed E-state index contributed by atoms with van der Waals surface area (Å²) < 4.78 is 5.02. The van der Waals surface area contributed by atoms with E-state index in [0.29, 0.717) is 11.3 Å². The van der Waals surface area contributed by atoms with Gasteiger partial charge in [-0.2, -0.15) is 0 Å². The summed E-state index contributed by atoms with van der Waals surface area (Å²) in [6.07, 6.45) is 0.0814. The SMILES string of the molecule is CCOC(=O)C(C)Nc1cc(N(C)C)c2c(c1O)C(=O)C1C(=O)[C@@]3(O)C(=O)C(C(N)=O)C(=O)[C@@H](N(C)C)[C@H]3C[C@H]1C2. The summed E-state index contributed by atoms with van der Waals surface area (Å²) in [7, 11) is 6.53. The molecule has 13 heteroatoms. The van der Waals surface area contributed by atoms with Crippen LogP contribution in [0.25, 0.3) is 0 Å². The minimum absolute atomic E-state index is 0.0442. The number of aliphatic hydroxyl groups is 1. The fourth-order valence-corrected chi connectivity index (χ4v) is 6.72. The Labute approximate surface area is 237 Å². The average Bonchev–Trinajstić information content (AvgIpc) is 2.87. The number of phenolic OH excluding ortho intramolecular Hbond substituents is 1. The number of esters is 1. The molecule has 3 unspecified atom stereocenters. The van der Waals surface area contributed by atoms with Crippen LogP contribution in [0.1, 0.15) is 36.2 Å². The first-order valence-corrected chi connectivity index (χ1v) is 13.4. The van der Waals surface area contributed by atoms with Gasteiger partial charge in [-0.3, -0.25) is 28.9 Å². The molecule has 4 rings (SSSR count). The number of primary amides is 1. The molecule has 3 aliphatic rings. The number of fused-ring (bicyclic) bond motifs is 3. The number of hydrogen-bond donors (Lipinski definition) is 4. The second kappa shape index (κ2) is 10.5. The highest BCUT2D eigenvalue weighted by Gasteiger charge is 2.69. The molecular formula is C28H36N4O9. The number of hydrogen-bond acceptors (Lipinski definition) is 12. The van der Waals surface area contributed by atoms with E-state index in [1.54, 1.807) is 32.0 Å². The van der Waals surface area contributed by atoms with Crippen LogP contribution < -0.4 is 16.0 Å². The summed E-state index contributed by atoms with van der Waals surface area (Å²) in [5, 5.41) is 25.8. The molecule has 1 aromatic carbocycles. The van der Waals surface area contributed by atoms with E-state index in [0.717, 1.165) is 0 Å². The van der Waals surface area contributed by atoms with E-state index in [-0.39, 0.29) is 30.7 Å². The van der Waals surface area contributed by atoms with Gasteiger partial charge in [0.2, 0.25) is 5.91 Å². The zero-order valence-corrected chi connectivity index (χ0v) is 23.9. The predicted molar refractivity (Wildman–Crippen MR) is 145 cm³/mol. The fourth-order valence-electron chi connectivity index (χ4n) is 6.72. The molecule has 0 heterocycles. The Hall–Kier alpha value is -3.84. The lowest BCUT2D eigenvalue weighted by molar-refractivity contribution is -0.181. The van der Waals surface area contributed by atoms with Gasteiger partial charge in [-0.25, -0.2) is 4.79 Å². The molecule has 0 aliphatic heterocycles. The number of phenols is 1. The van der Waals surface area contributed by atoms with Gasteiger partial charge in [0.05, 0.1) is 29.8 Å². The number of Topliss-reactive ketones (excluding diaryl/α,β-unsaturated/α-hetero) is 4. The van der Waals surface area contributed by atoms with Crippen LogP contribution in [0.5, 0.6) is 5.75 Å². The quantitative estimate of drug-likeness (QED) is 0.182. The third-order valence-corrected chi connectivity index (χ3v) is 8.53. The predicted octanol–water partition coefficient (Wildman–Crippen LogP) is -0.703. The van der Waals surface area contributed by atoms with Gasteiger partial charge in [-0.1, -0.05) is 0 Å². The first-order valence-electron chi connectivity index (χ1n) is 13.4. The summed E-state index contributed by atoms with van der Waals surface area (Å²) in [5.41, 5.74) is 3.45. The Morgan fingerprint density at radius 3 is 2.34 bits per heavy atom. The number of ketones is 4. The molecule has 0 spiro atoms. The van der Waals surface area contributed by atoms with Crippen molar-refractivity contribution >= 4 is 46.4 Å². The van der Waals surface area contributed by atoms with E-state index < -0.39 is 82.1 Å². The number of aromatic hydroxyl groups is 1. The molecule has 3 aliphatic carbocycles. The lowest BCUT2D eigenvalue weighted by Gasteiger charge is -2.52. The highest BCUT2D eigenvalue weighted by Crippen LogP contribution is 2.52. The van der Waals surface area contributed by atoms with Crippen LogP contribution in [0.2, 0.25) is 0 Å². The molecule has 1 amide bonds. The number of rotatable bonds is 7. The zero-order valence-electron chi connectivity index (χ0n) is 23.9. The van der Waals surface area contributed by atoms with Crippen molar-refractivity contribution in [2.45, 2.75) is 44.4 Å². The van der Waals surface area contributed by atoms with Gasteiger partial charge in [0.1, 0.15) is 11.8 Å². The van der Waals surface area contributed by atoms with E-state index >= 15 is 0 Å². The van der Waals surface area contributed by atoms with E-state index in [2.05, 4.69) is 5.32 Å². The van der Waals surface area contributed by atoms with Crippen molar-refractivity contribution < 1.29 is 43.7 Å². The van der Waals surface area contributed by atoms with Crippen LogP contribution in [0, 0.1) is 23.7 Å². The van der Waals surface area contributed by atoms with Crippen molar-refractivity contribution in [3.05, 3.63) is 17.2 Å². The molecule has 7 atom stereocenters.